The van der Waals surface area contributed by atoms with E-state index in [2.05, 4.69) is 11.9 Å². The number of allylic oxidation sites excluding steroid dienone is 2. The molecule has 0 amide bonds. The first kappa shape index (κ1) is 15.5. The van der Waals surface area contributed by atoms with Crippen molar-refractivity contribution in [3.8, 4) is 11.5 Å². The molecule has 1 aliphatic heterocycles. The normalized spacial score (nSPS) is 31.8. The highest BCUT2D eigenvalue weighted by Crippen LogP contribution is 2.57. The molecule has 0 radical (unpaired) electrons. The molecule has 0 spiro atoms. The maximum absolute atomic E-state index is 13.1. The summed E-state index contributed by atoms with van der Waals surface area (Å²) in [6, 6.07) is 4.00. The summed E-state index contributed by atoms with van der Waals surface area (Å²) < 4.78 is 10.6. The number of nitrogens with zero attached hydrogens (tertiary/aromatic N) is 1. The number of hydrogen-bond acceptors (Lipinski definition) is 5. The third-order valence-corrected chi connectivity index (χ3v) is 6.23. The van der Waals surface area contributed by atoms with E-state index in [4.69, 9.17) is 9.47 Å². The van der Waals surface area contributed by atoms with Crippen molar-refractivity contribution in [2.24, 2.45) is 5.92 Å². The fourth-order valence-electron chi connectivity index (χ4n) is 5.07. The molecule has 0 unspecified atom stereocenters. The molecule has 24 heavy (non-hydrogen) atoms. The first-order chi connectivity index (χ1) is 11.5. The number of likely N-dealkylation sites (tertiary alicyclic amines) is 1. The molecule has 1 saturated heterocycles. The highest BCUT2D eigenvalue weighted by atomic mass is 16.5. The van der Waals surface area contributed by atoms with Gasteiger partial charge in [0, 0.05) is 17.0 Å². The molecule has 0 aromatic heterocycles. The molecule has 4 rings (SSSR count). The van der Waals surface area contributed by atoms with Crippen LogP contribution in [0.3, 0.4) is 0 Å². The minimum atomic E-state index is -0.359. The van der Waals surface area contributed by atoms with Gasteiger partial charge in [0.25, 0.3) is 0 Å². The summed E-state index contributed by atoms with van der Waals surface area (Å²) in [6.07, 6.45) is 4.22. The zero-order valence-corrected chi connectivity index (χ0v) is 14.3. The number of phenols is 1. The number of Topliss-reactive ketones (excluding diaryl/α,β-unsaturated/α-hetero) is 1. The number of benzene rings is 1. The Balaban J connectivity index is 1.97. The lowest BCUT2D eigenvalue weighted by atomic mass is 9.53. The number of likely N-dealkylation sites (N-methyl/N-ethyl adjacent to an activating group) is 1. The monoisotopic (exact) mass is 329 g/mol. The molecular formula is C19H23NO4. The number of ketones is 1. The van der Waals surface area contributed by atoms with Crippen molar-refractivity contribution in [2.75, 3.05) is 27.8 Å². The van der Waals surface area contributed by atoms with E-state index in [0.29, 0.717) is 17.9 Å². The Morgan fingerprint density at radius 2 is 2.08 bits per heavy atom. The molecule has 3 atom stereocenters. The van der Waals surface area contributed by atoms with Gasteiger partial charge in [-0.15, -0.1) is 0 Å². The molecular weight excluding hydrogens is 306 g/mol. The van der Waals surface area contributed by atoms with Crippen molar-refractivity contribution in [2.45, 2.75) is 30.7 Å². The molecule has 1 fully saturated rings. The molecule has 0 saturated carbocycles. The van der Waals surface area contributed by atoms with Gasteiger partial charge in [0.2, 0.25) is 5.78 Å². The van der Waals surface area contributed by atoms with Crippen molar-refractivity contribution in [3.63, 3.8) is 0 Å². The third kappa shape index (κ3) is 1.82. The number of carbonyl (C=O) groups is 1. The lowest BCUT2D eigenvalue weighted by Crippen LogP contribution is -2.62. The maximum Gasteiger partial charge on any atom is 0.202 e. The van der Waals surface area contributed by atoms with E-state index in [9.17, 15) is 9.90 Å². The predicted molar refractivity (Wildman–Crippen MR) is 89.3 cm³/mol. The van der Waals surface area contributed by atoms with Gasteiger partial charge in [0.15, 0.2) is 17.3 Å². The first-order valence-corrected chi connectivity index (χ1v) is 8.41. The van der Waals surface area contributed by atoms with Gasteiger partial charge in [-0.1, -0.05) is 6.07 Å². The Bertz CT molecular complexity index is 741. The second-order valence-electron chi connectivity index (χ2n) is 7.13. The average molecular weight is 329 g/mol. The predicted octanol–water partition coefficient (Wildman–Crippen LogP) is 2.02. The van der Waals surface area contributed by atoms with Crippen LogP contribution in [0, 0.1) is 5.92 Å². The van der Waals surface area contributed by atoms with Crippen LogP contribution in [0.25, 0.3) is 0 Å². The first-order valence-electron chi connectivity index (χ1n) is 8.41. The molecule has 2 bridgehead atoms. The number of carbonyl (C=O) groups excluding carboxylic acids is 1. The van der Waals surface area contributed by atoms with E-state index in [-0.39, 0.29) is 28.9 Å². The van der Waals surface area contributed by atoms with Crippen LogP contribution in [0.5, 0.6) is 11.5 Å². The van der Waals surface area contributed by atoms with Crippen LogP contribution in [0.2, 0.25) is 0 Å². The van der Waals surface area contributed by atoms with Gasteiger partial charge in [0.05, 0.1) is 20.1 Å². The third-order valence-electron chi connectivity index (χ3n) is 6.23. The van der Waals surface area contributed by atoms with Crippen LogP contribution < -0.4 is 4.74 Å². The van der Waals surface area contributed by atoms with Crippen LogP contribution >= 0.6 is 0 Å². The second-order valence-corrected chi connectivity index (χ2v) is 7.13. The van der Waals surface area contributed by atoms with Gasteiger partial charge in [-0.25, -0.2) is 0 Å². The summed E-state index contributed by atoms with van der Waals surface area (Å²) >= 11 is 0. The molecule has 128 valence electrons. The lowest BCUT2D eigenvalue weighted by molar-refractivity contribution is -0.132. The molecule has 1 heterocycles. The Labute approximate surface area is 141 Å². The summed E-state index contributed by atoms with van der Waals surface area (Å²) in [5, 5.41) is 10.9. The van der Waals surface area contributed by atoms with Crippen LogP contribution in [0.4, 0.5) is 0 Å². The summed E-state index contributed by atoms with van der Waals surface area (Å²) in [5.41, 5.74) is 1.68. The van der Waals surface area contributed by atoms with Gasteiger partial charge < -0.3 is 19.5 Å². The fraction of sp³-hybridized carbons (Fsp3) is 0.526. The standard InChI is InChI=1S/C19H23NO4/c1-20-9-8-19-7-6-14(24-3)18(22)16(19)12(20)10-11-4-5-13(23-2)17(21)15(11)19/h4-6,12,16,21H,7-10H2,1-3H3/t12-,16+,19+/m0/s1. The van der Waals surface area contributed by atoms with E-state index >= 15 is 0 Å². The highest BCUT2D eigenvalue weighted by molar-refractivity contribution is 5.98. The fourth-order valence-corrected chi connectivity index (χ4v) is 5.07. The SMILES string of the molecule is COC1=CC[C@@]23CCN(C)[C@@H](Cc4ccc(OC)c(O)c42)[C@@H]3C1=O. The number of hydrogen-bond donors (Lipinski definition) is 1. The van der Waals surface area contributed by atoms with Crippen molar-refractivity contribution in [3.05, 3.63) is 35.1 Å². The molecule has 5 nitrogen and oxygen atoms in total. The minimum Gasteiger partial charge on any atom is -0.504 e. The largest absolute Gasteiger partial charge is 0.504 e. The number of fused-ring (bicyclic) bond motifs is 1. The Morgan fingerprint density at radius 3 is 2.79 bits per heavy atom. The molecule has 1 aromatic carbocycles. The average Bonchev–Trinajstić information content (AvgIpc) is 2.58. The summed E-state index contributed by atoms with van der Waals surface area (Å²) in [7, 11) is 5.20. The Morgan fingerprint density at radius 1 is 1.29 bits per heavy atom. The maximum atomic E-state index is 13.1. The highest BCUT2D eigenvalue weighted by Gasteiger charge is 2.58. The van der Waals surface area contributed by atoms with E-state index in [1.54, 1.807) is 14.2 Å². The van der Waals surface area contributed by atoms with Crippen molar-refractivity contribution in [1.29, 1.82) is 0 Å². The summed E-state index contributed by atoms with van der Waals surface area (Å²) in [6.45, 7) is 0.917. The van der Waals surface area contributed by atoms with Crippen molar-refractivity contribution in [1.82, 2.24) is 4.90 Å². The van der Waals surface area contributed by atoms with Gasteiger partial charge in [-0.05, 0) is 50.6 Å². The molecule has 2 aliphatic carbocycles. The smallest absolute Gasteiger partial charge is 0.202 e. The quantitative estimate of drug-likeness (QED) is 0.899. The zero-order valence-electron chi connectivity index (χ0n) is 14.3. The van der Waals surface area contributed by atoms with Crippen LogP contribution in [0.15, 0.2) is 24.0 Å². The van der Waals surface area contributed by atoms with Crippen molar-refractivity contribution < 1.29 is 19.4 Å². The summed E-state index contributed by atoms with van der Waals surface area (Å²) in [4.78, 5) is 15.4. The van der Waals surface area contributed by atoms with Crippen LogP contribution in [0.1, 0.15) is 24.0 Å². The Hall–Kier alpha value is -2.01. The van der Waals surface area contributed by atoms with Gasteiger partial charge >= 0.3 is 0 Å². The number of rotatable bonds is 2. The Kier molecular flexibility index (Phi) is 3.39. The van der Waals surface area contributed by atoms with Crippen LogP contribution in [-0.2, 0) is 21.4 Å². The number of aromatic hydroxyl groups is 1. The number of piperidine rings is 1. The van der Waals surface area contributed by atoms with Gasteiger partial charge in [-0.2, -0.15) is 0 Å². The number of methoxy groups -OCH3 is 2. The van der Waals surface area contributed by atoms with Crippen molar-refractivity contribution >= 4 is 5.78 Å². The molecule has 5 heteroatoms. The van der Waals surface area contributed by atoms with E-state index in [1.807, 2.05) is 18.2 Å². The lowest BCUT2D eigenvalue weighted by Gasteiger charge is -2.56. The van der Waals surface area contributed by atoms with E-state index < -0.39 is 0 Å². The second kappa shape index (κ2) is 5.24. The van der Waals surface area contributed by atoms with Crippen LogP contribution in [-0.4, -0.2) is 49.6 Å². The topological polar surface area (TPSA) is 59.0 Å². The molecule has 1 N–H and O–H groups in total. The zero-order chi connectivity index (χ0) is 17.1. The van der Waals surface area contributed by atoms with Gasteiger partial charge in [-0.3, -0.25) is 4.79 Å². The number of phenolic OH excluding ortho intramolecular Hbond substituents is 1. The molecule has 3 aliphatic rings. The van der Waals surface area contributed by atoms with E-state index in [1.165, 1.54) is 0 Å². The minimum absolute atomic E-state index is 0.0631. The van der Waals surface area contributed by atoms with Gasteiger partial charge in [0.1, 0.15) is 0 Å². The number of ether oxygens (including phenoxy) is 2. The van der Waals surface area contributed by atoms with E-state index in [0.717, 1.165) is 30.5 Å². The summed E-state index contributed by atoms with van der Waals surface area (Å²) in [5.74, 6) is 1.02. The molecule has 1 aromatic rings.